The largest absolute Gasteiger partial charge is 0.493 e. The van der Waals surface area contributed by atoms with Crippen molar-refractivity contribution in [2.45, 2.75) is 39.0 Å². The number of methoxy groups -OCH3 is 1. The Bertz CT molecular complexity index is 905. The van der Waals surface area contributed by atoms with Crippen LogP contribution in [-0.2, 0) is 13.2 Å². The van der Waals surface area contributed by atoms with Crippen LogP contribution in [0.15, 0.2) is 72.8 Å². The molecule has 0 saturated heterocycles. The van der Waals surface area contributed by atoms with Crippen molar-refractivity contribution in [2.75, 3.05) is 7.11 Å². The van der Waals surface area contributed by atoms with Crippen LogP contribution >= 0.6 is 12.4 Å². The zero-order valence-electron chi connectivity index (χ0n) is 17.4. The summed E-state index contributed by atoms with van der Waals surface area (Å²) in [4.78, 5) is 0. The summed E-state index contributed by atoms with van der Waals surface area (Å²) in [6.45, 7) is 3.08. The number of ether oxygens (including phenoxy) is 2. The van der Waals surface area contributed by atoms with Crippen LogP contribution in [0.4, 0.5) is 4.39 Å². The quantitative estimate of drug-likeness (QED) is 0.400. The van der Waals surface area contributed by atoms with E-state index in [1.165, 1.54) is 11.6 Å². The molecule has 0 saturated carbocycles. The van der Waals surface area contributed by atoms with E-state index in [-0.39, 0.29) is 24.8 Å². The summed E-state index contributed by atoms with van der Waals surface area (Å²) in [6.07, 6.45) is 2.18. The summed E-state index contributed by atoms with van der Waals surface area (Å²) in [6, 6.07) is 23.3. The van der Waals surface area contributed by atoms with Gasteiger partial charge >= 0.3 is 0 Å². The van der Waals surface area contributed by atoms with Crippen LogP contribution < -0.4 is 14.8 Å². The number of benzene rings is 3. The van der Waals surface area contributed by atoms with Gasteiger partial charge in [-0.25, -0.2) is 4.39 Å². The second-order valence-corrected chi connectivity index (χ2v) is 7.00. The van der Waals surface area contributed by atoms with Gasteiger partial charge < -0.3 is 14.8 Å². The molecule has 0 bridgehead atoms. The first-order valence-electron chi connectivity index (χ1n) is 10.0. The van der Waals surface area contributed by atoms with Crippen molar-refractivity contribution in [3.8, 4) is 11.5 Å². The molecular weight excluding hydrogens is 401 g/mol. The van der Waals surface area contributed by atoms with Gasteiger partial charge in [0.15, 0.2) is 11.5 Å². The van der Waals surface area contributed by atoms with Gasteiger partial charge in [-0.05, 0) is 35.7 Å². The van der Waals surface area contributed by atoms with Gasteiger partial charge in [-0.1, -0.05) is 67.9 Å². The minimum Gasteiger partial charge on any atom is -0.493 e. The van der Waals surface area contributed by atoms with Crippen LogP contribution in [0.3, 0.4) is 0 Å². The summed E-state index contributed by atoms with van der Waals surface area (Å²) in [5, 5.41) is 3.64. The SMILES string of the molecule is CCCC(NCc1ccc(OCc2ccccc2F)c(OC)c1)c1ccccc1.Cl. The van der Waals surface area contributed by atoms with Crippen molar-refractivity contribution in [3.63, 3.8) is 0 Å². The van der Waals surface area contributed by atoms with E-state index >= 15 is 0 Å². The zero-order valence-corrected chi connectivity index (χ0v) is 18.3. The molecule has 0 fully saturated rings. The van der Waals surface area contributed by atoms with Crippen LogP contribution in [0.2, 0.25) is 0 Å². The molecule has 0 aliphatic heterocycles. The molecule has 3 rings (SSSR count). The minimum absolute atomic E-state index is 0. The van der Waals surface area contributed by atoms with Crippen molar-refractivity contribution in [2.24, 2.45) is 0 Å². The fraction of sp³-hybridized carbons (Fsp3) is 0.280. The van der Waals surface area contributed by atoms with E-state index in [1.807, 2.05) is 24.3 Å². The van der Waals surface area contributed by atoms with Crippen LogP contribution in [0.1, 0.15) is 42.5 Å². The molecule has 3 nitrogen and oxygen atoms in total. The molecule has 0 spiro atoms. The first-order chi connectivity index (χ1) is 14.2. The number of nitrogens with one attached hydrogen (secondary N) is 1. The molecule has 0 radical (unpaired) electrons. The summed E-state index contributed by atoms with van der Waals surface area (Å²) in [5.74, 6) is 0.982. The summed E-state index contributed by atoms with van der Waals surface area (Å²) in [7, 11) is 1.62. The van der Waals surface area contributed by atoms with Crippen molar-refractivity contribution >= 4 is 12.4 Å². The first kappa shape index (κ1) is 23.7. The normalized spacial score (nSPS) is 11.4. The third-order valence-corrected chi connectivity index (χ3v) is 4.90. The van der Waals surface area contributed by atoms with Gasteiger partial charge in [-0.3, -0.25) is 0 Å². The average molecular weight is 430 g/mol. The third-order valence-electron chi connectivity index (χ3n) is 4.90. The molecule has 0 aliphatic carbocycles. The van der Waals surface area contributed by atoms with Crippen LogP contribution in [0, 0.1) is 5.82 Å². The number of hydrogen-bond acceptors (Lipinski definition) is 3. The van der Waals surface area contributed by atoms with Crippen LogP contribution in [0.25, 0.3) is 0 Å². The molecule has 160 valence electrons. The maximum Gasteiger partial charge on any atom is 0.161 e. The summed E-state index contributed by atoms with van der Waals surface area (Å²) < 4.78 is 25.1. The topological polar surface area (TPSA) is 30.5 Å². The second-order valence-electron chi connectivity index (χ2n) is 7.00. The lowest BCUT2D eigenvalue weighted by molar-refractivity contribution is 0.279. The monoisotopic (exact) mass is 429 g/mol. The van der Waals surface area contributed by atoms with E-state index in [0.717, 1.165) is 24.9 Å². The molecule has 0 heterocycles. The lowest BCUT2D eigenvalue weighted by Gasteiger charge is -2.19. The summed E-state index contributed by atoms with van der Waals surface area (Å²) in [5.41, 5.74) is 2.92. The molecule has 0 aliphatic rings. The standard InChI is InChI=1S/C25H28FNO2.ClH/c1-3-9-23(20-10-5-4-6-11-20)27-17-19-14-15-24(25(16-19)28-2)29-18-21-12-7-8-13-22(21)26;/h4-8,10-16,23,27H,3,9,17-18H2,1-2H3;1H. The molecule has 1 atom stereocenters. The Labute approximate surface area is 184 Å². The van der Waals surface area contributed by atoms with E-state index in [9.17, 15) is 4.39 Å². The maximum atomic E-state index is 13.8. The predicted molar refractivity (Wildman–Crippen MR) is 122 cm³/mol. The third kappa shape index (κ3) is 6.48. The number of halogens is 2. The highest BCUT2D eigenvalue weighted by Crippen LogP contribution is 2.29. The number of hydrogen-bond donors (Lipinski definition) is 1. The maximum absolute atomic E-state index is 13.8. The highest BCUT2D eigenvalue weighted by molar-refractivity contribution is 5.85. The lowest BCUT2D eigenvalue weighted by Crippen LogP contribution is -2.20. The van der Waals surface area contributed by atoms with Gasteiger partial charge in [0.1, 0.15) is 12.4 Å². The highest BCUT2D eigenvalue weighted by atomic mass is 35.5. The van der Waals surface area contributed by atoms with Gasteiger partial charge in [0.05, 0.1) is 7.11 Å². The number of rotatable bonds is 10. The van der Waals surface area contributed by atoms with Crippen LogP contribution in [0.5, 0.6) is 11.5 Å². The van der Waals surface area contributed by atoms with E-state index in [1.54, 1.807) is 25.3 Å². The Morgan fingerprint density at radius 2 is 1.67 bits per heavy atom. The fourth-order valence-corrected chi connectivity index (χ4v) is 3.31. The van der Waals surface area contributed by atoms with E-state index in [0.29, 0.717) is 23.1 Å². The molecule has 0 amide bonds. The van der Waals surface area contributed by atoms with E-state index < -0.39 is 0 Å². The Morgan fingerprint density at radius 1 is 0.933 bits per heavy atom. The van der Waals surface area contributed by atoms with E-state index in [4.69, 9.17) is 9.47 Å². The van der Waals surface area contributed by atoms with Crippen molar-refractivity contribution in [1.82, 2.24) is 5.32 Å². The Hall–Kier alpha value is -2.56. The first-order valence-corrected chi connectivity index (χ1v) is 10.0. The second kappa shape index (κ2) is 12.2. The molecule has 1 unspecified atom stereocenters. The molecule has 3 aromatic rings. The van der Waals surface area contributed by atoms with Gasteiger partial charge in [0, 0.05) is 18.2 Å². The molecule has 5 heteroatoms. The molecule has 1 N–H and O–H groups in total. The predicted octanol–water partition coefficient (Wildman–Crippen LogP) is 6.47. The van der Waals surface area contributed by atoms with Crippen LogP contribution in [-0.4, -0.2) is 7.11 Å². The van der Waals surface area contributed by atoms with Crippen molar-refractivity contribution in [3.05, 3.63) is 95.3 Å². The average Bonchev–Trinajstić information content (AvgIpc) is 2.77. The van der Waals surface area contributed by atoms with Crippen molar-refractivity contribution < 1.29 is 13.9 Å². The highest BCUT2D eigenvalue weighted by Gasteiger charge is 2.12. The summed E-state index contributed by atoms with van der Waals surface area (Å²) >= 11 is 0. The van der Waals surface area contributed by atoms with E-state index in [2.05, 4.69) is 36.5 Å². The van der Waals surface area contributed by atoms with Gasteiger partial charge in [0.25, 0.3) is 0 Å². The van der Waals surface area contributed by atoms with Gasteiger partial charge in [-0.15, -0.1) is 12.4 Å². The smallest absolute Gasteiger partial charge is 0.161 e. The fourth-order valence-electron chi connectivity index (χ4n) is 3.31. The Kier molecular flexibility index (Phi) is 9.65. The Morgan fingerprint density at radius 3 is 2.37 bits per heavy atom. The van der Waals surface area contributed by atoms with Gasteiger partial charge in [-0.2, -0.15) is 0 Å². The zero-order chi connectivity index (χ0) is 20.5. The minimum atomic E-state index is -0.268. The van der Waals surface area contributed by atoms with Gasteiger partial charge in [0.2, 0.25) is 0 Å². The molecular formula is C25H29ClFNO2. The van der Waals surface area contributed by atoms with Crippen molar-refractivity contribution in [1.29, 1.82) is 0 Å². The molecule has 30 heavy (non-hydrogen) atoms. The molecule has 0 aromatic heterocycles. The molecule has 3 aromatic carbocycles. The lowest BCUT2D eigenvalue weighted by atomic mass is 10.0. The Balaban J connectivity index is 0.00000320.